The number of hydrogen-bond acceptors (Lipinski definition) is 6. The van der Waals surface area contributed by atoms with Gasteiger partial charge < -0.3 is 24.8 Å². The zero-order valence-electron chi connectivity index (χ0n) is 15.7. The van der Waals surface area contributed by atoms with Gasteiger partial charge in [0.25, 0.3) is 0 Å². The molecule has 4 rings (SSSR count). The van der Waals surface area contributed by atoms with Crippen molar-refractivity contribution in [3.8, 4) is 23.0 Å². The van der Waals surface area contributed by atoms with Gasteiger partial charge in [0.2, 0.25) is 0 Å². The van der Waals surface area contributed by atoms with Crippen LogP contribution in [0.5, 0.6) is 23.0 Å². The van der Waals surface area contributed by atoms with E-state index in [2.05, 4.69) is 10.2 Å². The zero-order chi connectivity index (χ0) is 19.9. The molecule has 0 aliphatic heterocycles. The van der Waals surface area contributed by atoms with E-state index in [0.29, 0.717) is 24.3 Å². The van der Waals surface area contributed by atoms with E-state index in [4.69, 9.17) is 9.47 Å². The maximum absolute atomic E-state index is 10.1. The highest BCUT2D eigenvalue weighted by Gasteiger charge is 2.47. The van der Waals surface area contributed by atoms with Gasteiger partial charge in [0, 0.05) is 18.7 Å². The van der Waals surface area contributed by atoms with Crippen LogP contribution in [0, 0.1) is 0 Å². The lowest BCUT2D eigenvalue weighted by Gasteiger charge is -2.32. The molecular weight excluding hydrogens is 360 g/mol. The SMILES string of the molecule is COc1cc(C2(c3ccc(O)c(OC)c3)Cc3[nH]nc2c3CCO)ccc1O. The summed E-state index contributed by atoms with van der Waals surface area (Å²) in [6.07, 6.45) is 1.11. The third kappa shape index (κ3) is 2.51. The van der Waals surface area contributed by atoms with Crippen LogP contribution in [0.4, 0.5) is 0 Å². The van der Waals surface area contributed by atoms with Crippen LogP contribution >= 0.6 is 0 Å². The minimum Gasteiger partial charge on any atom is -0.504 e. The molecule has 2 bridgehead atoms. The molecule has 0 saturated heterocycles. The van der Waals surface area contributed by atoms with Gasteiger partial charge in [-0.15, -0.1) is 0 Å². The van der Waals surface area contributed by atoms with Gasteiger partial charge >= 0.3 is 0 Å². The first kappa shape index (κ1) is 18.2. The molecule has 0 saturated carbocycles. The van der Waals surface area contributed by atoms with E-state index in [1.807, 2.05) is 12.1 Å². The first-order valence-electron chi connectivity index (χ1n) is 8.97. The van der Waals surface area contributed by atoms with Crippen molar-refractivity contribution in [3.63, 3.8) is 0 Å². The molecule has 0 atom stereocenters. The number of hydrogen-bond donors (Lipinski definition) is 4. The Kier molecular flexibility index (Phi) is 4.39. The summed E-state index contributed by atoms with van der Waals surface area (Å²) in [7, 11) is 3.01. The highest BCUT2D eigenvalue weighted by molar-refractivity contribution is 5.61. The Labute approximate surface area is 162 Å². The van der Waals surface area contributed by atoms with Crippen molar-refractivity contribution >= 4 is 0 Å². The molecule has 0 spiro atoms. The van der Waals surface area contributed by atoms with Crippen molar-refractivity contribution in [1.29, 1.82) is 0 Å². The van der Waals surface area contributed by atoms with Gasteiger partial charge in [0.15, 0.2) is 23.0 Å². The lowest BCUT2D eigenvalue weighted by atomic mass is 9.71. The maximum atomic E-state index is 10.1. The Bertz CT molecular complexity index is 974. The van der Waals surface area contributed by atoms with Crippen LogP contribution in [-0.2, 0) is 18.3 Å². The fourth-order valence-corrected chi connectivity index (χ4v) is 4.16. The Morgan fingerprint density at radius 3 is 2.07 bits per heavy atom. The molecule has 146 valence electrons. The van der Waals surface area contributed by atoms with Crippen LogP contribution in [0.15, 0.2) is 36.4 Å². The average molecular weight is 382 g/mol. The molecule has 7 nitrogen and oxygen atoms in total. The zero-order valence-corrected chi connectivity index (χ0v) is 15.7. The summed E-state index contributed by atoms with van der Waals surface area (Å²) >= 11 is 0. The highest BCUT2D eigenvalue weighted by Crippen LogP contribution is 2.50. The number of aliphatic hydroxyl groups is 1. The van der Waals surface area contributed by atoms with E-state index >= 15 is 0 Å². The second-order valence-electron chi connectivity index (χ2n) is 6.86. The lowest BCUT2D eigenvalue weighted by Crippen LogP contribution is -2.32. The number of aromatic hydroxyl groups is 2. The molecule has 1 aliphatic carbocycles. The number of aromatic nitrogens is 2. The summed E-state index contributed by atoms with van der Waals surface area (Å²) < 4.78 is 10.6. The van der Waals surface area contributed by atoms with Crippen LogP contribution in [0.1, 0.15) is 28.1 Å². The molecule has 1 aromatic heterocycles. The molecule has 1 heterocycles. The molecule has 0 unspecified atom stereocenters. The van der Waals surface area contributed by atoms with Gasteiger partial charge in [-0.25, -0.2) is 0 Å². The molecular formula is C21H22N2O5. The summed E-state index contributed by atoms with van der Waals surface area (Å²) in [5.74, 6) is 0.848. The summed E-state index contributed by atoms with van der Waals surface area (Å²) in [5, 5.41) is 37.2. The van der Waals surface area contributed by atoms with Gasteiger partial charge in [0.05, 0.1) is 25.3 Å². The van der Waals surface area contributed by atoms with Crippen LogP contribution in [0.2, 0.25) is 0 Å². The number of H-pyrrole nitrogens is 1. The Morgan fingerprint density at radius 2 is 1.57 bits per heavy atom. The molecule has 0 radical (unpaired) electrons. The third-order valence-electron chi connectivity index (χ3n) is 5.51. The average Bonchev–Trinajstić information content (AvgIpc) is 3.24. The van der Waals surface area contributed by atoms with E-state index in [1.165, 1.54) is 14.2 Å². The minimum atomic E-state index is -0.646. The number of fused-ring (bicyclic) bond motifs is 2. The number of nitrogens with one attached hydrogen (secondary N) is 1. The molecule has 7 heteroatoms. The molecule has 28 heavy (non-hydrogen) atoms. The first-order valence-corrected chi connectivity index (χ1v) is 8.97. The lowest BCUT2D eigenvalue weighted by molar-refractivity contribution is 0.299. The number of nitrogens with zero attached hydrogens (tertiary/aromatic N) is 1. The summed E-state index contributed by atoms with van der Waals surface area (Å²) in [5.41, 5.74) is 3.90. The number of aromatic amines is 1. The van der Waals surface area contributed by atoms with E-state index in [0.717, 1.165) is 28.1 Å². The van der Waals surface area contributed by atoms with Crippen LogP contribution in [0.3, 0.4) is 0 Å². The normalized spacial score (nSPS) is 14.2. The smallest absolute Gasteiger partial charge is 0.160 e. The number of phenols is 2. The van der Waals surface area contributed by atoms with E-state index in [9.17, 15) is 15.3 Å². The third-order valence-corrected chi connectivity index (χ3v) is 5.51. The van der Waals surface area contributed by atoms with Gasteiger partial charge in [-0.1, -0.05) is 12.1 Å². The van der Waals surface area contributed by atoms with Crippen LogP contribution in [-0.4, -0.2) is 46.3 Å². The molecule has 1 aliphatic rings. The Hall–Kier alpha value is -3.19. The highest BCUT2D eigenvalue weighted by atomic mass is 16.5. The molecule has 0 fully saturated rings. The Morgan fingerprint density at radius 1 is 1.00 bits per heavy atom. The van der Waals surface area contributed by atoms with Crippen LogP contribution < -0.4 is 9.47 Å². The van der Waals surface area contributed by atoms with Crippen molar-refractivity contribution in [1.82, 2.24) is 10.2 Å². The van der Waals surface area contributed by atoms with Gasteiger partial charge in [-0.05, 0) is 47.4 Å². The van der Waals surface area contributed by atoms with Crippen LogP contribution in [0.25, 0.3) is 0 Å². The summed E-state index contributed by atoms with van der Waals surface area (Å²) in [6, 6.07) is 10.5. The fourth-order valence-electron chi connectivity index (χ4n) is 4.16. The predicted octanol–water partition coefficient (Wildman–Crippen LogP) is 2.26. The number of ether oxygens (including phenoxy) is 2. The predicted molar refractivity (Wildman–Crippen MR) is 102 cm³/mol. The van der Waals surface area contributed by atoms with Crippen molar-refractivity contribution in [2.75, 3.05) is 20.8 Å². The number of methoxy groups -OCH3 is 2. The number of rotatable bonds is 6. The molecule has 3 aromatic rings. The summed E-state index contributed by atoms with van der Waals surface area (Å²) in [6.45, 7) is 0.0212. The van der Waals surface area contributed by atoms with E-state index < -0.39 is 5.41 Å². The topological polar surface area (TPSA) is 108 Å². The quantitative estimate of drug-likeness (QED) is 0.521. The maximum Gasteiger partial charge on any atom is 0.160 e. The first-order chi connectivity index (χ1) is 13.5. The van der Waals surface area contributed by atoms with Crippen molar-refractivity contribution < 1.29 is 24.8 Å². The Balaban J connectivity index is 1.98. The molecule has 4 N–H and O–H groups in total. The largest absolute Gasteiger partial charge is 0.504 e. The number of phenolic OH excluding ortho intramolecular Hbond substituents is 2. The van der Waals surface area contributed by atoms with Crippen molar-refractivity contribution in [2.45, 2.75) is 18.3 Å². The van der Waals surface area contributed by atoms with Gasteiger partial charge in [-0.2, -0.15) is 5.10 Å². The minimum absolute atomic E-state index is 0.0212. The van der Waals surface area contributed by atoms with Gasteiger partial charge in [0.1, 0.15) is 0 Å². The number of benzene rings is 2. The van der Waals surface area contributed by atoms with Crippen molar-refractivity contribution in [2.24, 2.45) is 0 Å². The fraction of sp³-hybridized carbons (Fsp3) is 0.286. The van der Waals surface area contributed by atoms with E-state index in [-0.39, 0.29) is 18.1 Å². The number of aliphatic hydroxyl groups excluding tert-OH is 1. The molecule has 2 aromatic carbocycles. The monoisotopic (exact) mass is 382 g/mol. The second kappa shape index (κ2) is 6.76. The standard InChI is InChI=1S/C21H22N2O5/c1-27-18-9-12(3-5-16(18)25)21(13-4-6-17(26)19(10-13)28-2)11-15-14(7-8-24)20(21)23-22-15/h3-6,9-10,24-26H,7-8,11H2,1-2H3,(H,22,23). The van der Waals surface area contributed by atoms with Crippen molar-refractivity contribution in [3.05, 3.63) is 64.5 Å². The summed E-state index contributed by atoms with van der Waals surface area (Å²) in [4.78, 5) is 0. The second-order valence-corrected chi connectivity index (χ2v) is 6.86. The molecule has 0 amide bonds. The van der Waals surface area contributed by atoms with E-state index in [1.54, 1.807) is 24.3 Å². The van der Waals surface area contributed by atoms with Gasteiger partial charge in [-0.3, -0.25) is 5.10 Å².